The van der Waals surface area contributed by atoms with Gasteiger partial charge in [-0.2, -0.15) is 0 Å². The van der Waals surface area contributed by atoms with Gasteiger partial charge in [-0.05, 0) is 36.4 Å². The van der Waals surface area contributed by atoms with Gasteiger partial charge in [-0.1, -0.05) is 0 Å². The lowest BCUT2D eigenvalue weighted by atomic mass is 10.1. The molecule has 2 heterocycles. The number of likely N-dealkylation sites (tertiary alicyclic amines) is 1. The molecule has 20 heavy (non-hydrogen) atoms. The van der Waals surface area contributed by atoms with E-state index >= 15 is 0 Å². The molecule has 1 saturated heterocycles. The molecule has 0 radical (unpaired) electrons. The van der Waals surface area contributed by atoms with Crippen molar-refractivity contribution in [3.8, 4) is 5.75 Å². The van der Waals surface area contributed by atoms with Crippen LogP contribution in [0.2, 0.25) is 0 Å². The first-order valence-corrected chi connectivity index (χ1v) is 6.34. The summed E-state index contributed by atoms with van der Waals surface area (Å²) in [4.78, 5) is 17.7. The second-order valence-electron chi connectivity index (χ2n) is 4.64. The summed E-state index contributed by atoms with van der Waals surface area (Å²) < 4.78 is 18.5. The Morgan fingerprint density at radius 3 is 2.45 bits per heavy atom. The molecule has 0 unspecified atom stereocenters. The number of hydrogen-bond donors (Lipinski definition) is 0. The molecule has 0 bridgehead atoms. The first-order chi connectivity index (χ1) is 9.72. The first kappa shape index (κ1) is 12.6. The van der Waals surface area contributed by atoms with Crippen LogP contribution in [0.1, 0.15) is 10.4 Å². The lowest BCUT2D eigenvalue weighted by molar-refractivity contribution is 0.0177. The average molecular weight is 272 g/mol. The van der Waals surface area contributed by atoms with Crippen molar-refractivity contribution < 1.29 is 13.9 Å². The highest BCUT2D eigenvalue weighted by Gasteiger charge is 2.32. The van der Waals surface area contributed by atoms with Crippen LogP contribution in [0.4, 0.5) is 4.39 Å². The Kier molecular flexibility index (Phi) is 3.33. The number of carbonyl (C=O) groups is 1. The predicted molar refractivity (Wildman–Crippen MR) is 71.0 cm³/mol. The van der Waals surface area contributed by atoms with Crippen LogP contribution < -0.4 is 4.74 Å². The van der Waals surface area contributed by atoms with Crippen LogP contribution in [0.25, 0.3) is 0 Å². The Labute approximate surface area is 115 Å². The van der Waals surface area contributed by atoms with Crippen LogP contribution in [0, 0.1) is 5.82 Å². The number of pyridine rings is 1. The minimum atomic E-state index is -0.343. The summed E-state index contributed by atoms with van der Waals surface area (Å²) in [6.45, 7) is 1.08. The number of ether oxygens (including phenoxy) is 1. The van der Waals surface area contributed by atoms with Crippen molar-refractivity contribution in [1.82, 2.24) is 9.88 Å². The van der Waals surface area contributed by atoms with Crippen molar-refractivity contribution in [2.75, 3.05) is 13.1 Å². The maximum atomic E-state index is 12.8. The van der Waals surface area contributed by atoms with E-state index in [0.717, 1.165) is 5.75 Å². The minimum absolute atomic E-state index is 0.00167. The number of amides is 1. The molecular weight excluding hydrogens is 259 g/mol. The fraction of sp³-hybridized carbons (Fsp3) is 0.200. The second kappa shape index (κ2) is 5.28. The topological polar surface area (TPSA) is 42.4 Å². The molecule has 0 atom stereocenters. The summed E-state index contributed by atoms with van der Waals surface area (Å²) in [5.41, 5.74) is 0.494. The molecule has 5 heteroatoms. The summed E-state index contributed by atoms with van der Waals surface area (Å²) >= 11 is 0. The van der Waals surface area contributed by atoms with Crippen molar-refractivity contribution in [3.05, 3.63) is 60.2 Å². The number of carbonyl (C=O) groups excluding carboxylic acids is 1. The van der Waals surface area contributed by atoms with Crippen LogP contribution in [-0.4, -0.2) is 35.0 Å². The van der Waals surface area contributed by atoms with E-state index in [4.69, 9.17) is 4.74 Å². The third-order valence-electron chi connectivity index (χ3n) is 3.18. The SMILES string of the molecule is O=C(c1ccc(F)cc1)N1CC(Oc2ccncc2)C1. The molecule has 4 nitrogen and oxygen atoms in total. The molecule has 0 saturated carbocycles. The Hall–Kier alpha value is -2.43. The van der Waals surface area contributed by atoms with Crippen molar-refractivity contribution >= 4 is 5.91 Å². The molecule has 0 spiro atoms. The Morgan fingerprint density at radius 1 is 1.15 bits per heavy atom. The monoisotopic (exact) mass is 272 g/mol. The molecular formula is C15H13FN2O2. The van der Waals surface area contributed by atoms with Crippen molar-refractivity contribution in [1.29, 1.82) is 0 Å². The van der Waals surface area contributed by atoms with Gasteiger partial charge in [0.2, 0.25) is 0 Å². The van der Waals surface area contributed by atoms with Gasteiger partial charge in [-0.15, -0.1) is 0 Å². The third kappa shape index (κ3) is 2.61. The summed E-state index contributed by atoms with van der Waals surface area (Å²) in [7, 11) is 0. The van der Waals surface area contributed by atoms with Crippen LogP contribution in [0.15, 0.2) is 48.8 Å². The number of benzene rings is 1. The predicted octanol–water partition coefficient (Wildman–Crippen LogP) is 2.12. The van der Waals surface area contributed by atoms with Crippen LogP contribution in [0.3, 0.4) is 0 Å². The molecule has 3 rings (SSSR count). The highest BCUT2D eigenvalue weighted by Crippen LogP contribution is 2.19. The Balaban J connectivity index is 1.55. The van der Waals surface area contributed by atoms with Crippen molar-refractivity contribution in [2.24, 2.45) is 0 Å². The fourth-order valence-corrected chi connectivity index (χ4v) is 2.06. The number of rotatable bonds is 3. The van der Waals surface area contributed by atoms with E-state index in [9.17, 15) is 9.18 Å². The summed E-state index contributed by atoms with van der Waals surface area (Å²) in [6, 6.07) is 9.13. The van der Waals surface area contributed by atoms with E-state index in [2.05, 4.69) is 4.98 Å². The van der Waals surface area contributed by atoms with E-state index in [0.29, 0.717) is 18.7 Å². The molecule has 0 aliphatic carbocycles. The number of aromatic nitrogens is 1. The molecule has 1 aromatic carbocycles. The molecule has 1 amide bonds. The van der Waals surface area contributed by atoms with Gasteiger partial charge < -0.3 is 9.64 Å². The zero-order valence-electron chi connectivity index (χ0n) is 10.7. The molecule has 102 valence electrons. The largest absolute Gasteiger partial charge is 0.487 e. The minimum Gasteiger partial charge on any atom is -0.487 e. The highest BCUT2D eigenvalue weighted by molar-refractivity contribution is 5.94. The summed E-state index contributed by atoms with van der Waals surface area (Å²) in [5.74, 6) is 0.308. The molecule has 1 aliphatic heterocycles. The van der Waals surface area contributed by atoms with E-state index in [1.807, 2.05) is 0 Å². The summed E-state index contributed by atoms with van der Waals surface area (Å²) in [6.07, 6.45) is 3.33. The lowest BCUT2D eigenvalue weighted by Crippen LogP contribution is -2.56. The van der Waals surface area contributed by atoms with Crippen LogP contribution in [-0.2, 0) is 0 Å². The third-order valence-corrected chi connectivity index (χ3v) is 3.18. The number of nitrogens with zero attached hydrogens (tertiary/aromatic N) is 2. The normalized spacial score (nSPS) is 14.8. The summed E-state index contributed by atoms with van der Waals surface area (Å²) in [5, 5.41) is 0. The zero-order chi connectivity index (χ0) is 13.9. The number of hydrogen-bond acceptors (Lipinski definition) is 3. The van der Waals surface area contributed by atoms with Gasteiger partial charge in [-0.3, -0.25) is 9.78 Å². The van der Waals surface area contributed by atoms with Gasteiger partial charge >= 0.3 is 0 Å². The molecule has 2 aromatic rings. The smallest absolute Gasteiger partial charge is 0.254 e. The van der Waals surface area contributed by atoms with Gasteiger partial charge in [0, 0.05) is 18.0 Å². The van der Waals surface area contributed by atoms with Gasteiger partial charge in [0.05, 0.1) is 13.1 Å². The van der Waals surface area contributed by atoms with Crippen LogP contribution in [0.5, 0.6) is 5.75 Å². The van der Waals surface area contributed by atoms with Gasteiger partial charge in [0.25, 0.3) is 5.91 Å². The van der Waals surface area contributed by atoms with Gasteiger partial charge in [0.1, 0.15) is 17.7 Å². The van der Waals surface area contributed by atoms with Crippen molar-refractivity contribution in [3.63, 3.8) is 0 Å². The maximum Gasteiger partial charge on any atom is 0.254 e. The molecule has 1 aromatic heterocycles. The molecule has 1 aliphatic rings. The first-order valence-electron chi connectivity index (χ1n) is 6.34. The Morgan fingerprint density at radius 2 is 1.80 bits per heavy atom. The average Bonchev–Trinajstić information content (AvgIpc) is 2.44. The fourth-order valence-electron chi connectivity index (χ4n) is 2.06. The Bertz CT molecular complexity index is 595. The maximum absolute atomic E-state index is 12.8. The highest BCUT2D eigenvalue weighted by atomic mass is 19.1. The van der Waals surface area contributed by atoms with Gasteiger partial charge in [0.15, 0.2) is 0 Å². The van der Waals surface area contributed by atoms with E-state index in [1.165, 1.54) is 24.3 Å². The van der Waals surface area contributed by atoms with Gasteiger partial charge in [-0.25, -0.2) is 4.39 Å². The second-order valence-corrected chi connectivity index (χ2v) is 4.64. The quantitative estimate of drug-likeness (QED) is 0.859. The zero-order valence-corrected chi connectivity index (χ0v) is 10.7. The standard InChI is InChI=1S/C15H13FN2O2/c16-12-3-1-11(2-4-12)15(19)18-9-14(10-18)20-13-5-7-17-8-6-13/h1-8,14H,9-10H2. The van der Waals surface area contributed by atoms with E-state index in [1.54, 1.807) is 29.4 Å². The lowest BCUT2D eigenvalue weighted by Gasteiger charge is -2.39. The van der Waals surface area contributed by atoms with E-state index < -0.39 is 0 Å². The molecule has 1 fully saturated rings. The van der Waals surface area contributed by atoms with Crippen LogP contribution >= 0.6 is 0 Å². The molecule has 0 N–H and O–H groups in total. The van der Waals surface area contributed by atoms with Crippen molar-refractivity contribution in [2.45, 2.75) is 6.10 Å². The van der Waals surface area contributed by atoms with E-state index in [-0.39, 0.29) is 17.8 Å². The number of halogens is 1.